The van der Waals surface area contributed by atoms with Gasteiger partial charge in [0, 0.05) is 24.8 Å². The van der Waals surface area contributed by atoms with Crippen molar-refractivity contribution in [1.29, 1.82) is 0 Å². The molecule has 0 fully saturated rings. The van der Waals surface area contributed by atoms with Crippen LogP contribution in [-0.2, 0) is 4.79 Å². The van der Waals surface area contributed by atoms with Crippen molar-refractivity contribution in [3.8, 4) is 0 Å². The lowest BCUT2D eigenvalue weighted by molar-refractivity contribution is -0.119. The summed E-state index contributed by atoms with van der Waals surface area (Å²) < 4.78 is 13.8. The predicted molar refractivity (Wildman–Crippen MR) is 83.4 cm³/mol. The second kappa shape index (κ2) is 7.19. The highest BCUT2D eigenvalue weighted by Crippen LogP contribution is 2.17. The van der Waals surface area contributed by atoms with Crippen LogP contribution in [0.5, 0.6) is 0 Å². The van der Waals surface area contributed by atoms with Gasteiger partial charge in [0.05, 0.1) is 6.54 Å². The van der Waals surface area contributed by atoms with Crippen LogP contribution in [0.1, 0.15) is 19.4 Å². The van der Waals surface area contributed by atoms with Gasteiger partial charge in [-0.25, -0.2) is 4.39 Å². The number of nitrogens with one attached hydrogen (secondary N) is 1. The Morgan fingerprint density at radius 1 is 1.50 bits per heavy atom. The lowest BCUT2D eigenvalue weighted by Gasteiger charge is -2.19. The van der Waals surface area contributed by atoms with Gasteiger partial charge in [0.1, 0.15) is 10.8 Å². The maximum Gasteiger partial charge on any atom is 0.239 e. The number of carbonyl (C=O) groups excluding carboxylic acids is 1. The number of anilines is 1. The number of nitrogens with zero attached hydrogens (tertiary/aromatic N) is 1. The SMILES string of the molecule is CC(C)CNC(=O)CN(C)c1ccc(C(N)=S)c(F)c1. The molecule has 3 N–H and O–H groups in total. The average Bonchev–Trinajstić information content (AvgIpc) is 2.35. The predicted octanol–water partition coefficient (Wildman–Crippen LogP) is 1.67. The average molecular weight is 297 g/mol. The van der Waals surface area contributed by atoms with E-state index in [1.807, 2.05) is 13.8 Å². The molecule has 1 aromatic rings. The summed E-state index contributed by atoms with van der Waals surface area (Å²) in [5.74, 6) is -0.184. The molecule has 110 valence electrons. The summed E-state index contributed by atoms with van der Waals surface area (Å²) in [7, 11) is 1.73. The van der Waals surface area contributed by atoms with Gasteiger partial charge >= 0.3 is 0 Å². The van der Waals surface area contributed by atoms with Crippen LogP contribution in [0.2, 0.25) is 0 Å². The Kier molecular flexibility index (Phi) is 5.88. The largest absolute Gasteiger partial charge is 0.389 e. The van der Waals surface area contributed by atoms with Crippen molar-refractivity contribution >= 4 is 28.8 Å². The number of halogens is 1. The quantitative estimate of drug-likeness (QED) is 0.784. The topological polar surface area (TPSA) is 58.4 Å². The molecule has 4 nitrogen and oxygen atoms in total. The second-order valence-corrected chi connectivity index (χ2v) is 5.52. The molecule has 0 unspecified atom stereocenters. The lowest BCUT2D eigenvalue weighted by atomic mass is 10.2. The third-order valence-corrected chi connectivity index (χ3v) is 2.97. The van der Waals surface area contributed by atoms with Crippen molar-refractivity contribution in [2.45, 2.75) is 13.8 Å². The van der Waals surface area contributed by atoms with Gasteiger partial charge in [0.2, 0.25) is 5.91 Å². The maximum absolute atomic E-state index is 13.8. The Labute approximate surface area is 124 Å². The summed E-state index contributed by atoms with van der Waals surface area (Å²) in [5, 5.41) is 2.81. The molecule has 0 aliphatic heterocycles. The maximum atomic E-state index is 13.8. The fourth-order valence-corrected chi connectivity index (χ4v) is 1.79. The number of benzene rings is 1. The molecule has 0 aromatic heterocycles. The van der Waals surface area contributed by atoms with Crippen LogP contribution in [0.25, 0.3) is 0 Å². The molecule has 0 heterocycles. The fourth-order valence-electron chi connectivity index (χ4n) is 1.62. The number of thiocarbonyl (C=S) groups is 1. The van der Waals surface area contributed by atoms with E-state index in [4.69, 9.17) is 18.0 Å². The Balaban J connectivity index is 2.68. The molecule has 0 atom stereocenters. The van der Waals surface area contributed by atoms with Crippen LogP contribution in [0, 0.1) is 11.7 Å². The minimum absolute atomic E-state index is 0.0198. The molecule has 0 spiro atoms. The van der Waals surface area contributed by atoms with Crippen molar-refractivity contribution in [1.82, 2.24) is 5.32 Å². The second-order valence-electron chi connectivity index (χ2n) is 5.08. The highest BCUT2D eigenvalue weighted by Gasteiger charge is 2.11. The Morgan fingerprint density at radius 2 is 2.15 bits per heavy atom. The zero-order valence-electron chi connectivity index (χ0n) is 11.9. The van der Waals surface area contributed by atoms with E-state index in [9.17, 15) is 9.18 Å². The summed E-state index contributed by atoms with van der Waals surface area (Å²) in [5.41, 5.74) is 6.21. The summed E-state index contributed by atoms with van der Waals surface area (Å²) >= 11 is 4.75. The van der Waals surface area contributed by atoms with Gasteiger partial charge in [-0.2, -0.15) is 0 Å². The van der Waals surface area contributed by atoms with E-state index in [2.05, 4.69) is 5.32 Å². The Bertz CT molecular complexity index is 505. The first kappa shape index (κ1) is 16.4. The van der Waals surface area contributed by atoms with Crippen molar-refractivity contribution < 1.29 is 9.18 Å². The minimum atomic E-state index is -0.482. The first-order chi connectivity index (χ1) is 9.31. The molecule has 1 aromatic carbocycles. The van der Waals surface area contributed by atoms with Crippen LogP contribution >= 0.6 is 12.2 Å². The van der Waals surface area contributed by atoms with Gasteiger partial charge in [0.15, 0.2) is 0 Å². The molecule has 0 aliphatic carbocycles. The van der Waals surface area contributed by atoms with Crippen molar-refractivity contribution in [2.75, 3.05) is 25.0 Å². The molecule has 0 aliphatic rings. The van der Waals surface area contributed by atoms with E-state index in [1.54, 1.807) is 18.0 Å². The van der Waals surface area contributed by atoms with E-state index in [-0.39, 0.29) is 23.0 Å². The van der Waals surface area contributed by atoms with Crippen LogP contribution < -0.4 is 16.0 Å². The zero-order chi connectivity index (χ0) is 15.3. The van der Waals surface area contributed by atoms with Gasteiger partial charge in [-0.3, -0.25) is 4.79 Å². The summed E-state index contributed by atoms with van der Waals surface area (Å²) in [6.07, 6.45) is 0. The minimum Gasteiger partial charge on any atom is -0.389 e. The summed E-state index contributed by atoms with van der Waals surface area (Å²) in [6.45, 7) is 4.83. The Hall–Kier alpha value is -1.69. The first-order valence-corrected chi connectivity index (χ1v) is 6.79. The highest BCUT2D eigenvalue weighted by atomic mass is 32.1. The number of hydrogen-bond donors (Lipinski definition) is 2. The smallest absolute Gasteiger partial charge is 0.239 e. The molecule has 1 rings (SSSR count). The van der Waals surface area contributed by atoms with Crippen LogP contribution in [0.3, 0.4) is 0 Å². The van der Waals surface area contributed by atoms with Crippen molar-refractivity contribution in [2.24, 2.45) is 11.7 Å². The molecule has 0 saturated carbocycles. The van der Waals surface area contributed by atoms with Gasteiger partial charge in [-0.1, -0.05) is 26.1 Å². The number of likely N-dealkylation sites (N-methyl/N-ethyl adjacent to an activating group) is 1. The monoisotopic (exact) mass is 297 g/mol. The molecular weight excluding hydrogens is 277 g/mol. The number of nitrogens with two attached hydrogens (primary N) is 1. The third kappa shape index (κ3) is 4.77. The summed E-state index contributed by atoms with van der Waals surface area (Å²) in [4.78, 5) is 13.4. The molecule has 1 amide bonds. The van der Waals surface area contributed by atoms with E-state index >= 15 is 0 Å². The van der Waals surface area contributed by atoms with E-state index in [1.165, 1.54) is 12.1 Å². The first-order valence-electron chi connectivity index (χ1n) is 6.38. The van der Waals surface area contributed by atoms with Gasteiger partial charge in [-0.15, -0.1) is 0 Å². The van der Waals surface area contributed by atoms with Gasteiger partial charge in [0.25, 0.3) is 0 Å². The van der Waals surface area contributed by atoms with Crippen molar-refractivity contribution in [3.63, 3.8) is 0 Å². The molecule has 6 heteroatoms. The third-order valence-electron chi connectivity index (χ3n) is 2.75. The zero-order valence-corrected chi connectivity index (χ0v) is 12.8. The molecule has 0 saturated heterocycles. The van der Waals surface area contributed by atoms with Crippen LogP contribution in [0.4, 0.5) is 10.1 Å². The van der Waals surface area contributed by atoms with E-state index < -0.39 is 5.82 Å². The number of rotatable bonds is 6. The van der Waals surface area contributed by atoms with Crippen LogP contribution in [0.15, 0.2) is 18.2 Å². The number of carbonyl (C=O) groups is 1. The Morgan fingerprint density at radius 3 is 2.65 bits per heavy atom. The van der Waals surface area contributed by atoms with Crippen molar-refractivity contribution in [3.05, 3.63) is 29.6 Å². The standard InChI is InChI=1S/C14H20FN3OS/c1-9(2)7-17-13(19)8-18(3)10-4-5-11(14(16)20)12(15)6-10/h4-6,9H,7-8H2,1-3H3,(H2,16,20)(H,17,19). The van der Waals surface area contributed by atoms with E-state index in [0.29, 0.717) is 18.2 Å². The van der Waals surface area contributed by atoms with Gasteiger partial charge < -0.3 is 16.0 Å². The van der Waals surface area contributed by atoms with Crippen LogP contribution in [-0.4, -0.2) is 31.0 Å². The summed E-state index contributed by atoms with van der Waals surface area (Å²) in [6, 6.07) is 4.53. The molecule has 0 radical (unpaired) electrons. The fraction of sp³-hybridized carbons (Fsp3) is 0.429. The molecule has 0 bridgehead atoms. The normalized spacial score (nSPS) is 10.4. The van der Waals surface area contributed by atoms with Gasteiger partial charge in [-0.05, 0) is 24.1 Å². The number of amides is 1. The highest BCUT2D eigenvalue weighted by molar-refractivity contribution is 7.80. The van der Waals surface area contributed by atoms with E-state index in [0.717, 1.165) is 0 Å². The molecule has 20 heavy (non-hydrogen) atoms. The molecular formula is C14H20FN3OS. The number of hydrogen-bond acceptors (Lipinski definition) is 3. The lowest BCUT2D eigenvalue weighted by Crippen LogP contribution is -2.36.